The molecular weight excluding hydrogens is 290 g/mol. The van der Waals surface area contributed by atoms with Gasteiger partial charge < -0.3 is 5.32 Å². The second-order valence-electron chi connectivity index (χ2n) is 8.27. The number of hydrogen-bond donors (Lipinski definition) is 1. The van der Waals surface area contributed by atoms with E-state index in [0.29, 0.717) is 6.04 Å². The lowest BCUT2D eigenvalue weighted by Crippen LogP contribution is -2.32. The van der Waals surface area contributed by atoms with Crippen LogP contribution in [0.3, 0.4) is 0 Å². The molecule has 0 aromatic rings. The summed E-state index contributed by atoms with van der Waals surface area (Å²) in [7, 11) is 0. The molecule has 1 heteroatoms. The summed E-state index contributed by atoms with van der Waals surface area (Å²) in [5.74, 6) is 0. The van der Waals surface area contributed by atoms with Gasteiger partial charge in [-0.3, -0.25) is 0 Å². The molecule has 1 aliphatic heterocycles. The van der Waals surface area contributed by atoms with Gasteiger partial charge in [-0.05, 0) is 45.1 Å². The molecule has 1 N–H and O–H groups in total. The van der Waals surface area contributed by atoms with Gasteiger partial charge in [0, 0.05) is 6.04 Å². The molecule has 0 saturated carbocycles. The summed E-state index contributed by atoms with van der Waals surface area (Å²) < 4.78 is 0. The van der Waals surface area contributed by atoms with Crippen molar-refractivity contribution in [2.45, 2.75) is 128 Å². The Bertz CT molecular complexity index is 308. The zero-order valence-electron chi connectivity index (χ0n) is 16.3. The van der Waals surface area contributed by atoms with Gasteiger partial charge in [-0.15, -0.1) is 0 Å². The van der Waals surface area contributed by atoms with Gasteiger partial charge in [-0.25, -0.2) is 0 Å². The number of hydrogen-bond acceptors (Lipinski definition) is 1. The van der Waals surface area contributed by atoms with Gasteiger partial charge in [-0.1, -0.05) is 95.1 Å². The van der Waals surface area contributed by atoms with Crippen LogP contribution < -0.4 is 5.32 Å². The van der Waals surface area contributed by atoms with Crippen molar-refractivity contribution >= 4 is 0 Å². The minimum atomic E-state index is 0.688. The SMILES string of the molecule is C1=C(C2CCCCCCCCCN2)CCCCCCCCCCC1. The Kier molecular flexibility index (Phi) is 11.6. The van der Waals surface area contributed by atoms with Crippen molar-refractivity contribution in [3.63, 3.8) is 0 Å². The number of nitrogens with one attached hydrogen (secondary N) is 1. The second-order valence-corrected chi connectivity index (χ2v) is 8.27. The van der Waals surface area contributed by atoms with Gasteiger partial charge in [0.05, 0.1) is 0 Å². The maximum Gasteiger partial charge on any atom is 0.0279 e. The van der Waals surface area contributed by atoms with Gasteiger partial charge in [0.2, 0.25) is 0 Å². The van der Waals surface area contributed by atoms with Crippen molar-refractivity contribution in [3.8, 4) is 0 Å². The largest absolute Gasteiger partial charge is 0.310 e. The minimum Gasteiger partial charge on any atom is -0.310 e. The molecule has 1 atom stereocenters. The molecule has 2 aliphatic rings. The van der Waals surface area contributed by atoms with Crippen LogP contribution in [0.25, 0.3) is 0 Å². The van der Waals surface area contributed by atoms with E-state index in [-0.39, 0.29) is 0 Å². The third-order valence-electron chi connectivity index (χ3n) is 6.08. The summed E-state index contributed by atoms with van der Waals surface area (Å²) in [5.41, 5.74) is 1.77. The van der Waals surface area contributed by atoms with Crippen LogP contribution in [0.2, 0.25) is 0 Å². The molecular formula is C23H43N. The van der Waals surface area contributed by atoms with E-state index in [4.69, 9.17) is 0 Å². The van der Waals surface area contributed by atoms with Crippen LogP contribution in [-0.2, 0) is 0 Å². The first kappa shape index (κ1) is 20.0. The molecule has 0 aromatic heterocycles. The summed E-state index contributed by atoms with van der Waals surface area (Å²) in [6.45, 7) is 1.24. The highest BCUT2D eigenvalue weighted by atomic mass is 14.9. The lowest BCUT2D eigenvalue weighted by molar-refractivity contribution is 0.484. The van der Waals surface area contributed by atoms with E-state index in [9.17, 15) is 0 Å². The Labute approximate surface area is 152 Å². The van der Waals surface area contributed by atoms with E-state index < -0.39 is 0 Å². The molecule has 1 nitrogen and oxygen atoms in total. The van der Waals surface area contributed by atoms with E-state index >= 15 is 0 Å². The average molecular weight is 334 g/mol. The molecule has 1 unspecified atom stereocenters. The van der Waals surface area contributed by atoms with Gasteiger partial charge in [0.15, 0.2) is 0 Å². The van der Waals surface area contributed by atoms with Gasteiger partial charge in [0.25, 0.3) is 0 Å². The quantitative estimate of drug-likeness (QED) is 0.496. The number of allylic oxidation sites excluding steroid dienone is 1. The van der Waals surface area contributed by atoms with Crippen molar-refractivity contribution in [2.75, 3.05) is 6.54 Å². The zero-order chi connectivity index (χ0) is 16.7. The third kappa shape index (κ3) is 9.25. The molecule has 24 heavy (non-hydrogen) atoms. The topological polar surface area (TPSA) is 12.0 Å². The first-order chi connectivity index (χ1) is 12.0. The normalized spacial score (nSPS) is 27.7. The molecule has 0 bridgehead atoms. The molecule has 0 radical (unpaired) electrons. The number of rotatable bonds is 1. The highest BCUT2D eigenvalue weighted by Crippen LogP contribution is 2.22. The predicted molar refractivity (Wildman–Crippen MR) is 108 cm³/mol. The minimum absolute atomic E-state index is 0.688. The third-order valence-corrected chi connectivity index (χ3v) is 6.08. The van der Waals surface area contributed by atoms with Crippen molar-refractivity contribution in [3.05, 3.63) is 11.6 Å². The molecule has 0 spiro atoms. The fourth-order valence-corrected chi connectivity index (χ4v) is 4.47. The molecule has 1 heterocycles. The van der Waals surface area contributed by atoms with Crippen LogP contribution in [-0.4, -0.2) is 12.6 Å². The van der Waals surface area contributed by atoms with Crippen LogP contribution in [0.1, 0.15) is 122 Å². The highest BCUT2D eigenvalue weighted by molar-refractivity contribution is 5.11. The van der Waals surface area contributed by atoms with Gasteiger partial charge >= 0.3 is 0 Å². The Hall–Kier alpha value is -0.300. The Balaban J connectivity index is 1.89. The summed E-state index contributed by atoms with van der Waals surface area (Å²) >= 11 is 0. The van der Waals surface area contributed by atoms with E-state index in [1.165, 1.54) is 129 Å². The summed E-state index contributed by atoms with van der Waals surface area (Å²) in [5, 5.41) is 3.94. The van der Waals surface area contributed by atoms with Crippen molar-refractivity contribution in [2.24, 2.45) is 0 Å². The fourth-order valence-electron chi connectivity index (χ4n) is 4.47. The highest BCUT2D eigenvalue weighted by Gasteiger charge is 2.14. The van der Waals surface area contributed by atoms with E-state index in [2.05, 4.69) is 11.4 Å². The average Bonchev–Trinajstić information content (AvgIpc) is 2.63. The summed E-state index contributed by atoms with van der Waals surface area (Å²) in [4.78, 5) is 0. The molecule has 1 fully saturated rings. The zero-order valence-corrected chi connectivity index (χ0v) is 16.3. The predicted octanol–water partition coefficient (Wildman–Crippen LogP) is 7.31. The van der Waals surface area contributed by atoms with Crippen LogP contribution in [0.5, 0.6) is 0 Å². The van der Waals surface area contributed by atoms with Crippen molar-refractivity contribution in [1.29, 1.82) is 0 Å². The lowest BCUT2D eigenvalue weighted by atomic mass is 9.94. The maximum absolute atomic E-state index is 3.94. The van der Waals surface area contributed by atoms with Gasteiger partial charge in [0.1, 0.15) is 0 Å². The summed E-state index contributed by atoms with van der Waals surface area (Å²) in [6, 6.07) is 0.688. The molecule has 2 rings (SSSR count). The van der Waals surface area contributed by atoms with E-state index in [1.54, 1.807) is 5.57 Å². The first-order valence-corrected chi connectivity index (χ1v) is 11.4. The van der Waals surface area contributed by atoms with Crippen LogP contribution in [0, 0.1) is 0 Å². The Morgan fingerprint density at radius 1 is 0.583 bits per heavy atom. The second kappa shape index (κ2) is 13.9. The lowest BCUT2D eigenvalue weighted by Gasteiger charge is -2.23. The Morgan fingerprint density at radius 3 is 1.83 bits per heavy atom. The smallest absolute Gasteiger partial charge is 0.0279 e. The molecule has 0 amide bonds. The van der Waals surface area contributed by atoms with E-state index in [0.717, 1.165) is 0 Å². The first-order valence-electron chi connectivity index (χ1n) is 11.4. The van der Waals surface area contributed by atoms with Gasteiger partial charge in [-0.2, -0.15) is 0 Å². The van der Waals surface area contributed by atoms with E-state index in [1.807, 2.05) is 0 Å². The maximum atomic E-state index is 3.94. The van der Waals surface area contributed by atoms with Crippen LogP contribution >= 0.6 is 0 Å². The molecule has 1 aliphatic carbocycles. The molecule has 1 saturated heterocycles. The summed E-state index contributed by atoms with van der Waals surface area (Å²) in [6.07, 6.45) is 29.9. The standard InChI is InChI=1S/C23H43N/c1-2-4-7-11-15-19-22(18-14-10-6-3-1)23-20-16-12-8-5-9-13-17-21-24-23/h18,23-24H,1-17,19-21H2. The van der Waals surface area contributed by atoms with Crippen LogP contribution in [0.15, 0.2) is 11.6 Å². The fraction of sp³-hybridized carbons (Fsp3) is 0.913. The monoisotopic (exact) mass is 333 g/mol. The van der Waals surface area contributed by atoms with Crippen molar-refractivity contribution in [1.82, 2.24) is 5.32 Å². The van der Waals surface area contributed by atoms with Crippen molar-refractivity contribution < 1.29 is 0 Å². The van der Waals surface area contributed by atoms with Crippen LogP contribution in [0.4, 0.5) is 0 Å². The molecule has 0 aromatic carbocycles. The molecule has 140 valence electrons. The Morgan fingerprint density at radius 2 is 1.12 bits per heavy atom.